The number of hydrogen-bond acceptors (Lipinski definition) is 3. The van der Waals surface area contributed by atoms with E-state index in [1.807, 2.05) is 0 Å². The molecule has 5 heteroatoms. The van der Waals surface area contributed by atoms with E-state index in [-0.39, 0.29) is 10.6 Å². The Kier molecular flexibility index (Phi) is 6.09. The molecule has 18 heavy (non-hydrogen) atoms. The number of nitrogens with zero attached hydrogens (tertiary/aromatic N) is 1. The molecule has 0 aromatic heterocycles. The van der Waals surface area contributed by atoms with Crippen molar-refractivity contribution in [2.75, 3.05) is 6.54 Å². The van der Waals surface area contributed by atoms with E-state index in [2.05, 4.69) is 19.2 Å². The Bertz CT molecular complexity index is 410. The number of nitro benzene ring substituents is 1. The predicted octanol–water partition coefficient (Wildman–Crippen LogP) is 3.57. The number of nitro groups is 1. The standard InChI is InChI=1S/C13H19ClN2O2/c1-3-8-15-10(2)4-5-11-9-12(14)6-7-13(11)16(17)18/h6-7,9-10,15H,3-5,8H2,1-2H3. The maximum Gasteiger partial charge on any atom is 0.272 e. The summed E-state index contributed by atoms with van der Waals surface area (Å²) in [6, 6.07) is 5.07. The summed E-state index contributed by atoms with van der Waals surface area (Å²) in [5, 5.41) is 14.8. The van der Waals surface area contributed by atoms with Crippen molar-refractivity contribution in [3.05, 3.63) is 38.9 Å². The maximum absolute atomic E-state index is 10.9. The fourth-order valence-corrected chi connectivity index (χ4v) is 1.99. The highest BCUT2D eigenvalue weighted by atomic mass is 35.5. The summed E-state index contributed by atoms with van der Waals surface area (Å²) in [5.74, 6) is 0. The smallest absolute Gasteiger partial charge is 0.272 e. The molecule has 1 aromatic rings. The van der Waals surface area contributed by atoms with Gasteiger partial charge in [0.25, 0.3) is 5.69 Å². The second kappa shape index (κ2) is 7.34. The van der Waals surface area contributed by atoms with Crippen LogP contribution in [0.5, 0.6) is 0 Å². The lowest BCUT2D eigenvalue weighted by Crippen LogP contribution is -2.27. The van der Waals surface area contributed by atoms with E-state index < -0.39 is 0 Å². The zero-order valence-electron chi connectivity index (χ0n) is 10.8. The molecule has 0 heterocycles. The molecule has 1 atom stereocenters. The van der Waals surface area contributed by atoms with Gasteiger partial charge in [0.15, 0.2) is 0 Å². The molecule has 1 unspecified atom stereocenters. The van der Waals surface area contributed by atoms with Crippen molar-refractivity contribution in [3.63, 3.8) is 0 Å². The highest BCUT2D eigenvalue weighted by Gasteiger charge is 2.14. The number of halogens is 1. The number of aryl methyl sites for hydroxylation is 1. The number of rotatable bonds is 7. The van der Waals surface area contributed by atoms with Crippen LogP contribution in [0.3, 0.4) is 0 Å². The van der Waals surface area contributed by atoms with Crippen LogP contribution in [-0.2, 0) is 6.42 Å². The number of hydrogen-bond donors (Lipinski definition) is 1. The van der Waals surface area contributed by atoms with Crippen LogP contribution in [0.1, 0.15) is 32.3 Å². The summed E-state index contributed by atoms with van der Waals surface area (Å²) >= 11 is 5.88. The Morgan fingerprint density at radius 3 is 2.83 bits per heavy atom. The molecule has 1 N–H and O–H groups in total. The van der Waals surface area contributed by atoms with Crippen LogP contribution < -0.4 is 5.32 Å². The molecule has 0 aliphatic carbocycles. The zero-order chi connectivity index (χ0) is 13.5. The topological polar surface area (TPSA) is 55.2 Å². The second-order valence-corrected chi connectivity index (χ2v) is 4.86. The van der Waals surface area contributed by atoms with E-state index in [4.69, 9.17) is 11.6 Å². The van der Waals surface area contributed by atoms with Crippen molar-refractivity contribution in [2.45, 2.75) is 39.2 Å². The molecule has 0 fully saturated rings. The van der Waals surface area contributed by atoms with E-state index in [9.17, 15) is 10.1 Å². The van der Waals surface area contributed by atoms with Crippen molar-refractivity contribution in [1.29, 1.82) is 0 Å². The Hall–Kier alpha value is -1.13. The Morgan fingerprint density at radius 1 is 1.50 bits per heavy atom. The molecule has 0 aliphatic rings. The van der Waals surface area contributed by atoms with E-state index in [0.29, 0.717) is 23.0 Å². The van der Waals surface area contributed by atoms with Crippen molar-refractivity contribution >= 4 is 17.3 Å². The first-order valence-electron chi connectivity index (χ1n) is 6.20. The summed E-state index contributed by atoms with van der Waals surface area (Å²) in [5.41, 5.74) is 0.861. The van der Waals surface area contributed by atoms with Crippen LogP contribution in [0.4, 0.5) is 5.69 Å². The highest BCUT2D eigenvalue weighted by Crippen LogP contribution is 2.24. The van der Waals surface area contributed by atoms with Gasteiger partial charge in [0.05, 0.1) is 4.92 Å². The van der Waals surface area contributed by atoms with Gasteiger partial charge in [0.1, 0.15) is 0 Å². The first-order chi connectivity index (χ1) is 8.54. The van der Waals surface area contributed by atoms with Gasteiger partial charge in [-0.25, -0.2) is 0 Å². The first kappa shape index (κ1) is 14.9. The molecule has 0 saturated heterocycles. The van der Waals surface area contributed by atoms with Gasteiger partial charge in [0, 0.05) is 22.7 Å². The molecule has 0 aliphatic heterocycles. The molecule has 0 saturated carbocycles. The normalized spacial score (nSPS) is 12.4. The summed E-state index contributed by atoms with van der Waals surface area (Å²) < 4.78 is 0. The molecular formula is C13H19ClN2O2. The molecule has 1 aromatic carbocycles. The molecule has 0 spiro atoms. The summed E-state index contributed by atoms with van der Waals surface area (Å²) in [6.07, 6.45) is 2.61. The minimum absolute atomic E-state index is 0.155. The number of nitrogens with one attached hydrogen (secondary N) is 1. The van der Waals surface area contributed by atoms with Gasteiger partial charge in [-0.3, -0.25) is 10.1 Å². The van der Waals surface area contributed by atoms with Crippen molar-refractivity contribution < 1.29 is 4.92 Å². The molecule has 100 valence electrons. The summed E-state index contributed by atoms with van der Waals surface area (Å²) in [4.78, 5) is 10.5. The largest absolute Gasteiger partial charge is 0.314 e. The van der Waals surface area contributed by atoms with Crippen LogP contribution in [0.25, 0.3) is 0 Å². The van der Waals surface area contributed by atoms with Gasteiger partial charge >= 0.3 is 0 Å². The lowest BCUT2D eigenvalue weighted by molar-refractivity contribution is -0.385. The average Bonchev–Trinajstić information content (AvgIpc) is 2.33. The van der Waals surface area contributed by atoms with Crippen molar-refractivity contribution in [3.8, 4) is 0 Å². The van der Waals surface area contributed by atoms with Gasteiger partial charge in [-0.2, -0.15) is 0 Å². The van der Waals surface area contributed by atoms with Gasteiger partial charge in [0.2, 0.25) is 0 Å². The third kappa shape index (κ3) is 4.63. The lowest BCUT2D eigenvalue weighted by atomic mass is 10.0. The monoisotopic (exact) mass is 270 g/mol. The summed E-state index contributed by atoms with van der Waals surface area (Å²) in [7, 11) is 0. The van der Waals surface area contributed by atoms with Gasteiger partial charge in [-0.05, 0) is 44.9 Å². The van der Waals surface area contributed by atoms with E-state index in [0.717, 1.165) is 19.4 Å². The van der Waals surface area contributed by atoms with Gasteiger partial charge < -0.3 is 5.32 Å². The van der Waals surface area contributed by atoms with Gasteiger partial charge in [-0.1, -0.05) is 18.5 Å². The lowest BCUT2D eigenvalue weighted by Gasteiger charge is -2.13. The SMILES string of the molecule is CCCNC(C)CCc1cc(Cl)ccc1[N+](=O)[O-]. The van der Waals surface area contributed by atoms with Crippen LogP contribution >= 0.6 is 11.6 Å². The van der Waals surface area contributed by atoms with Crippen molar-refractivity contribution in [1.82, 2.24) is 5.32 Å². The number of benzene rings is 1. The first-order valence-corrected chi connectivity index (χ1v) is 6.58. The summed E-state index contributed by atoms with van der Waals surface area (Å²) in [6.45, 7) is 5.17. The third-order valence-electron chi connectivity index (χ3n) is 2.83. The fourth-order valence-electron chi connectivity index (χ4n) is 1.80. The Labute approximate surface area is 112 Å². The average molecular weight is 271 g/mol. The van der Waals surface area contributed by atoms with E-state index in [1.165, 1.54) is 6.07 Å². The minimum atomic E-state index is -0.351. The maximum atomic E-state index is 10.9. The zero-order valence-corrected chi connectivity index (χ0v) is 11.5. The van der Waals surface area contributed by atoms with Crippen molar-refractivity contribution in [2.24, 2.45) is 0 Å². The molecule has 1 rings (SSSR count). The Balaban J connectivity index is 2.65. The van der Waals surface area contributed by atoms with E-state index >= 15 is 0 Å². The quantitative estimate of drug-likeness (QED) is 0.609. The molecular weight excluding hydrogens is 252 g/mol. The third-order valence-corrected chi connectivity index (χ3v) is 3.06. The fraction of sp³-hybridized carbons (Fsp3) is 0.538. The van der Waals surface area contributed by atoms with Crippen LogP contribution in [0, 0.1) is 10.1 Å². The minimum Gasteiger partial charge on any atom is -0.314 e. The molecule has 0 radical (unpaired) electrons. The molecule has 0 bridgehead atoms. The second-order valence-electron chi connectivity index (χ2n) is 4.42. The van der Waals surface area contributed by atoms with E-state index in [1.54, 1.807) is 12.1 Å². The predicted molar refractivity (Wildman–Crippen MR) is 74.2 cm³/mol. The molecule has 0 amide bonds. The van der Waals surface area contributed by atoms with Crippen LogP contribution in [-0.4, -0.2) is 17.5 Å². The Morgan fingerprint density at radius 2 is 2.22 bits per heavy atom. The van der Waals surface area contributed by atoms with Crippen LogP contribution in [0.2, 0.25) is 5.02 Å². The van der Waals surface area contributed by atoms with Crippen LogP contribution in [0.15, 0.2) is 18.2 Å². The van der Waals surface area contributed by atoms with Gasteiger partial charge in [-0.15, -0.1) is 0 Å². The molecule has 4 nitrogen and oxygen atoms in total. The highest BCUT2D eigenvalue weighted by molar-refractivity contribution is 6.30.